The van der Waals surface area contributed by atoms with Crippen LogP contribution >= 0.6 is 0 Å². The van der Waals surface area contributed by atoms with E-state index in [2.05, 4.69) is 42.5 Å². The topological polar surface area (TPSA) is 314 Å². The number of nitrogens with one attached hydrogen (secondary N) is 8. The number of hydrogen-bond donors (Lipinski definition) is 12. The fraction of sp³-hybridized carbons (Fsp3) is 1.00. The molecule has 0 spiro atoms. The number of fused-ring (bicyclic) bond motifs is 20. The fourth-order valence-electron chi connectivity index (χ4n) is 13.4. The summed E-state index contributed by atoms with van der Waals surface area (Å²) in [5, 5.41) is 17.7. The van der Waals surface area contributed by atoms with Crippen molar-refractivity contribution in [2.45, 2.75) is 147 Å². The zero-order valence-corrected chi connectivity index (χ0v) is 47.3. The molecule has 9 rings (SSSR count). The minimum Gasteiger partial charge on any atom is -1.00 e. The minimum absolute atomic E-state index is 0. The molecule has 5 saturated heterocycles. The predicted molar refractivity (Wildman–Crippen MR) is 205 cm³/mol. The van der Waals surface area contributed by atoms with Gasteiger partial charge in [-0.05, 0) is 74.0 Å². The molecule has 9 fully saturated rings. The summed E-state index contributed by atoms with van der Waals surface area (Å²) in [6.07, 6.45) is 7.44. The maximum atomic E-state index is 13.4. The van der Waals surface area contributed by atoms with Crippen molar-refractivity contribution in [2.75, 3.05) is 0 Å². The van der Waals surface area contributed by atoms with Gasteiger partial charge in [0.05, 0.1) is 49.3 Å². The first-order valence-corrected chi connectivity index (χ1v) is 26.3. The van der Waals surface area contributed by atoms with Gasteiger partial charge in [-0.1, -0.05) is 38.5 Å². The third-order valence-electron chi connectivity index (χ3n) is 15.4. The van der Waals surface area contributed by atoms with Crippen LogP contribution in [0, 0.1) is 47.3 Å². The van der Waals surface area contributed by atoms with Crippen LogP contribution in [0.2, 0.25) is 0 Å². The normalized spacial score (nSPS) is 46.9. The van der Waals surface area contributed by atoms with Crippen molar-refractivity contribution in [3.05, 3.63) is 0 Å². The Bertz CT molecular complexity index is 1890. The summed E-state index contributed by atoms with van der Waals surface area (Å²) in [5.74, 6) is -2.57. The van der Waals surface area contributed by atoms with E-state index < -0.39 is 98.0 Å². The number of hydrogen-bond acceptors (Lipinski definition) is 16. The first-order valence-electron chi connectivity index (χ1n) is 20.2. The second kappa shape index (κ2) is 21.7. The summed E-state index contributed by atoms with van der Waals surface area (Å²) in [7, 11) is -23.0. The Morgan fingerprint density at radius 3 is 0.656 bits per heavy atom. The smallest absolute Gasteiger partial charge is 1.00 e. The van der Waals surface area contributed by atoms with E-state index in [1.807, 2.05) is 0 Å². The molecule has 20 nitrogen and oxygen atoms in total. The molecule has 0 aromatic heterocycles. The Balaban J connectivity index is 0.00000455. The van der Waals surface area contributed by atoms with Crippen LogP contribution in [-0.2, 0) is 57.0 Å². The van der Waals surface area contributed by atoms with Crippen molar-refractivity contribution in [3.63, 3.8) is 0 Å². The molecule has 4 saturated carbocycles. The van der Waals surface area contributed by atoms with Gasteiger partial charge < -0.3 is 5.71 Å². The van der Waals surface area contributed by atoms with Crippen molar-refractivity contribution in [1.29, 1.82) is 0 Å². The van der Waals surface area contributed by atoms with Gasteiger partial charge in [-0.15, -0.1) is 0 Å². The van der Waals surface area contributed by atoms with Crippen LogP contribution in [0.4, 0.5) is 0 Å². The molecule has 9 aliphatic rings. The van der Waals surface area contributed by atoms with Gasteiger partial charge in [0.2, 0.25) is 0 Å². The van der Waals surface area contributed by atoms with Crippen LogP contribution in [0.1, 0.15) is 82.8 Å². The van der Waals surface area contributed by atoms with E-state index >= 15 is 0 Å². The summed E-state index contributed by atoms with van der Waals surface area (Å²) >= 11 is 0. The van der Waals surface area contributed by atoms with Crippen molar-refractivity contribution >= 4 is 40.5 Å². The van der Waals surface area contributed by atoms with Crippen LogP contribution in [0.25, 0.3) is 0 Å². The molecule has 0 radical (unpaired) electrons. The van der Waals surface area contributed by atoms with E-state index in [4.69, 9.17) is 0 Å². The minimum atomic E-state index is -5.87. The summed E-state index contributed by atoms with van der Waals surface area (Å²) in [4.78, 5) is 0. The predicted octanol–water partition coefficient (Wildman–Crippen LogP) is -13.5. The van der Waals surface area contributed by atoms with Crippen LogP contribution in [0.3, 0.4) is 0 Å². The van der Waals surface area contributed by atoms with E-state index in [1.54, 1.807) is 0 Å². The molecular weight excluding hydrogens is 967 g/mol. The molecule has 8 bridgehead atoms. The standard InChI is InChI=1S/C32H56N8O12S4.4Na.Ni.4H/c41-53(42,43)21-19-20(22(54(44,45)46)24(56(50,51)52)23(21)55(47,48)49)32-39-30-18-12-6-4-10-16(18)28(37-30)35-26-14-8-2-1-7-13(14)25(33-26)34-27-15-9-3-5-11-17(15)29(36-27)38-31(19)40-32;;;;;;;;;/h13-40H,1-12H2,(H,41,42,43)(H,44,45,46)(H,47,48,49)(H,50,51,52);;;;;;;;;/q;4*+1;;4*-1. The van der Waals surface area contributed by atoms with Gasteiger partial charge in [0, 0.05) is 28.3 Å². The van der Waals surface area contributed by atoms with Crippen LogP contribution < -0.4 is 161 Å². The summed E-state index contributed by atoms with van der Waals surface area (Å²) in [6, 6.07) is 0. The second-order valence-corrected chi connectivity index (χ2v) is 24.4. The maximum Gasteiger partial charge on any atom is 1.00 e. The van der Waals surface area contributed by atoms with Gasteiger partial charge in [0.15, 0.2) is 0 Å². The molecular formula is C32H60N8Na4NiO12S4. The summed E-state index contributed by atoms with van der Waals surface area (Å²) in [6.45, 7) is 0. The molecule has 12 N–H and O–H groups in total. The van der Waals surface area contributed by atoms with Gasteiger partial charge in [-0.3, -0.25) is 60.7 Å². The molecule has 5 aliphatic heterocycles. The third-order valence-corrected chi connectivity index (χ3v) is 21.0. The van der Waals surface area contributed by atoms with E-state index in [1.165, 1.54) is 0 Å². The first-order chi connectivity index (χ1) is 26.3. The van der Waals surface area contributed by atoms with Crippen molar-refractivity contribution in [1.82, 2.24) is 42.5 Å². The second-order valence-electron chi connectivity index (χ2n) is 18.1. The molecule has 61 heavy (non-hydrogen) atoms. The van der Waals surface area contributed by atoms with Gasteiger partial charge in [-0.25, -0.2) is 0 Å². The van der Waals surface area contributed by atoms with Gasteiger partial charge in [0.1, 0.15) is 21.0 Å². The quantitative estimate of drug-likeness (QED) is 0.0919. The van der Waals surface area contributed by atoms with E-state index in [0.29, 0.717) is 11.8 Å². The summed E-state index contributed by atoms with van der Waals surface area (Å²) in [5.41, 5.74) is 0. The Morgan fingerprint density at radius 1 is 0.311 bits per heavy atom. The molecule has 5 heterocycles. The summed E-state index contributed by atoms with van der Waals surface area (Å²) < 4.78 is 149. The zero-order valence-electron chi connectivity index (χ0n) is 39.0. The van der Waals surface area contributed by atoms with Gasteiger partial charge in [0.25, 0.3) is 40.5 Å². The molecule has 0 amide bonds. The Morgan fingerprint density at radius 2 is 0.475 bits per heavy atom. The molecule has 4 aliphatic carbocycles. The SMILES string of the molecule is O=S(=O)(O)C1C2C3NC4NC(NC5NC(NC6NC(NC(N3)C2C(S(=O)(=O)O)C(S(=O)(=O)O)C1S(=O)(=O)O)C1CCCCC61)C1CCCCC51)C1CCCCC41.[H-].[H-].[H-].[H-].[Na+].[Na+].[Na+].[Na+].[Ni]. The van der Waals surface area contributed by atoms with Crippen LogP contribution in [-0.4, -0.2) is 122 Å². The van der Waals surface area contributed by atoms with Crippen molar-refractivity contribution < 1.29 is 192 Å². The van der Waals surface area contributed by atoms with Gasteiger partial charge >= 0.3 is 118 Å². The molecule has 0 aromatic carbocycles. The van der Waals surface area contributed by atoms with Crippen LogP contribution in [0.15, 0.2) is 0 Å². The molecule has 20 unspecified atom stereocenters. The average Bonchev–Trinajstić information content (AvgIpc) is 3.84. The van der Waals surface area contributed by atoms with E-state index in [9.17, 15) is 51.9 Å². The maximum absolute atomic E-state index is 13.4. The van der Waals surface area contributed by atoms with Crippen molar-refractivity contribution in [2.24, 2.45) is 47.3 Å². The van der Waals surface area contributed by atoms with Crippen LogP contribution in [0.5, 0.6) is 0 Å². The molecule has 0 aromatic rings. The number of rotatable bonds is 4. The molecule has 29 heteroatoms. The Hall–Kier alpha value is 3.81. The largest absolute Gasteiger partial charge is 1.00 e. The Labute approximate surface area is 464 Å². The third kappa shape index (κ3) is 11.0. The van der Waals surface area contributed by atoms with E-state index in [0.717, 1.165) is 77.0 Å². The first kappa shape index (κ1) is 57.4. The monoisotopic (exact) mass is 1030 g/mol. The Kier molecular flexibility index (Phi) is 20.4. The average molecular weight is 1030 g/mol. The van der Waals surface area contributed by atoms with E-state index in [-0.39, 0.29) is 189 Å². The van der Waals surface area contributed by atoms with Gasteiger partial charge in [-0.2, -0.15) is 33.7 Å². The fourth-order valence-corrected chi connectivity index (χ4v) is 20.7. The molecule has 338 valence electrons. The van der Waals surface area contributed by atoms with Crippen molar-refractivity contribution in [3.8, 4) is 0 Å². The zero-order chi connectivity index (χ0) is 39.7. The molecule has 20 atom stereocenters.